The summed E-state index contributed by atoms with van der Waals surface area (Å²) >= 11 is 1.52. The number of aromatic nitrogens is 4. The van der Waals surface area contributed by atoms with Crippen molar-refractivity contribution in [3.8, 4) is 11.4 Å². The zero-order chi connectivity index (χ0) is 36.1. The van der Waals surface area contributed by atoms with Crippen molar-refractivity contribution in [1.82, 2.24) is 40.4 Å². The molecule has 12 nitrogen and oxygen atoms in total. The number of nitrogens with one attached hydrogen (secondary N) is 3. The van der Waals surface area contributed by atoms with Crippen molar-refractivity contribution >= 4 is 55.7 Å². The molecule has 3 amide bonds. The van der Waals surface area contributed by atoms with Gasteiger partial charge in [0, 0.05) is 60.7 Å². The number of nitrogens with zero attached hydrogens (tertiary/aromatic N) is 6. The first kappa shape index (κ1) is 34.1. The van der Waals surface area contributed by atoms with Gasteiger partial charge in [0.1, 0.15) is 10.6 Å². The first-order chi connectivity index (χ1) is 25.9. The predicted octanol–water partition coefficient (Wildman–Crippen LogP) is 5.29. The number of thiophene rings is 1. The van der Waals surface area contributed by atoms with Gasteiger partial charge in [-0.25, -0.2) is 9.67 Å². The number of carbonyl (C=O) groups is 3. The van der Waals surface area contributed by atoms with Crippen molar-refractivity contribution in [3.63, 3.8) is 0 Å². The molecule has 53 heavy (non-hydrogen) atoms. The molecule has 5 aromatic rings. The molecule has 0 radical (unpaired) electrons. The van der Waals surface area contributed by atoms with E-state index in [0.717, 1.165) is 113 Å². The van der Waals surface area contributed by atoms with E-state index in [9.17, 15) is 14.4 Å². The van der Waals surface area contributed by atoms with E-state index in [-0.39, 0.29) is 29.7 Å². The number of fused-ring (bicyclic) bond motifs is 5. The van der Waals surface area contributed by atoms with Gasteiger partial charge in [0.05, 0.1) is 35.1 Å². The third-order valence-electron chi connectivity index (χ3n) is 11.8. The van der Waals surface area contributed by atoms with Crippen LogP contribution in [-0.4, -0.2) is 99.4 Å². The monoisotopic (exact) mass is 731 g/mol. The van der Waals surface area contributed by atoms with Crippen LogP contribution in [0.15, 0.2) is 54.7 Å². The van der Waals surface area contributed by atoms with E-state index in [4.69, 9.17) is 4.98 Å². The number of amides is 3. The Kier molecular flexibility index (Phi) is 9.17. The Morgan fingerprint density at radius 3 is 2.32 bits per heavy atom. The summed E-state index contributed by atoms with van der Waals surface area (Å²) in [6.45, 7) is 9.18. The SMILES string of the molecule is C[C@@H]1CNc2c(sc3ccc4nc(-c5cn(C6CCN(CCN7CCC(c8ccc(C9CCC(=O)NC9=O)cc8)CC7)CC6)nn5)ccc4c23)C(=O)N1. The van der Waals surface area contributed by atoms with Crippen molar-refractivity contribution < 1.29 is 14.4 Å². The summed E-state index contributed by atoms with van der Waals surface area (Å²) in [6, 6.07) is 17.2. The second kappa shape index (κ2) is 14.3. The normalized spacial score (nSPS) is 22.4. The summed E-state index contributed by atoms with van der Waals surface area (Å²) < 4.78 is 3.11. The van der Waals surface area contributed by atoms with Crippen LogP contribution in [0, 0.1) is 0 Å². The second-order valence-corrected chi connectivity index (χ2v) is 16.3. The number of hydrogen-bond acceptors (Lipinski definition) is 10. The van der Waals surface area contributed by atoms with Crippen LogP contribution in [0.2, 0.25) is 0 Å². The summed E-state index contributed by atoms with van der Waals surface area (Å²) in [4.78, 5) is 47.5. The number of rotatable bonds is 7. The Balaban J connectivity index is 0.762. The third-order valence-corrected chi connectivity index (χ3v) is 12.9. The second-order valence-electron chi connectivity index (χ2n) is 15.2. The van der Waals surface area contributed by atoms with Crippen molar-refractivity contribution in [3.05, 3.63) is 70.7 Å². The maximum atomic E-state index is 12.8. The van der Waals surface area contributed by atoms with Crippen molar-refractivity contribution in [2.24, 2.45) is 0 Å². The molecule has 0 bridgehead atoms. The van der Waals surface area contributed by atoms with Gasteiger partial charge in [-0.3, -0.25) is 19.7 Å². The van der Waals surface area contributed by atoms with Crippen molar-refractivity contribution in [2.45, 2.75) is 69.4 Å². The number of piperidine rings is 3. The fourth-order valence-electron chi connectivity index (χ4n) is 8.63. The summed E-state index contributed by atoms with van der Waals surface area (Å²) in [5.74, 6) is -0.0358. The van der Waals surface area contributed by atoms with Gasteiger partial charge in [0.25, 0.3) is 5.91 Å². The molecule has 274 valence electrons. The van der Waals surface area contributed by atoms with Gasteiger partial charge in [-0.1, -0.05) is 29.5 Å². The number of pyridine rings is 1. The zero-order valence-electron chi connectivity index (χ0n) is 30.0. The number of likely N-dealkylation sites (tertiary alicyclic amines) is 2. The molecule has 3 fully saturated rings. The molecule has 4 aliphatic rings. The standard InChI is InChI=1S/C40H45N9O3S/c1-24-22-41-37-36-30-6-8-32(43-31(30)9-10-34(36)53-38(37)40(52)42-24)33-23-49(46-45-33)28-14-18-48(19-15-28)21-20-47-16-12-26(13-17-47)25-2-4-27(5-3-25)29-7-11-35(50)44-39(29)51/h2-6,8-10,23-24,26,28-29,41H,7,11-22H2,1H3,(H,42,52)(H,44,50,51)/t24-,29?/m1/s1. The molecule has 2 aromatic carbocycles. The van der Waals surface area contributed by atoms with E-state index < -0.39 is 0 Å². The van der Waals surface area contributed by atoms with E-state index >= 15 is 0 Å². The molecule has 13 heteroatoms. The van der Waals surface area contributed by atoms with Gasteiger partial charge in [-0.2, -0.15) is 0 Å². The third kappa shape index (κ3) is 6.81. The topological polar surface area (TPSA) is 137 Å². The van der Waals surface area contributed by atoms with Crippen LogP contribution in [0.4, 0.5) is 5.69 Å². The summed E-state index contributed by atoms with van der Waals surface area (Å²) in [6.07, 6.45) is 7.44. The smallest absolute Gasteiger partial charge is 0.263 e. The molecule has 0 spiro atoms. The molecule has 0 aliphatic carbocycles. The lowest BCUT2D eigenvalue weighted by Gasteiger charge is -2.36. The first-order valence-electron chi connectivity index (χ1n) is 19.1. The molecule has 2 atom stereocenters. The van der Waals surface area contributed by atoms with Crippen LogP contribution >= 0.6 is 11.3 Å². The number of benzene rings is 2. The van der Waals surface area contributed by atoms with Gasteiger partial charge >= 0.3 is 0 Å². The van der Waals surface area contributed by atoms with Crippen LogP contribution in [0.1, 0.15) is 84.1 Å². The van der Waals surface area contributed by atoms with E-state index in [1.54, 1.807) is 0 Å². The fourth-order valence-corrected chi connectivity index (χ4v) is 9.73. The number of anilines is 1. The van der Waals surface area contributed by atoms with E-state index in [1.807, 2.05) is 29.9 Å². The molecule has 7 heterocycles. The number of hydrogen-bond donors (Lipinski definition) is 3. The minimum atomic E-state index is -0.222. The van der Waals surface area contributed by atoms with E-state index in [1.165, 1.54) is 16.9 Å². The van der Waals surface area contributed by atoms with Crippen LogP contribution < -0.4 is 16.0 Å². The molecule has 3 saturated heterocycles. The molecule has 9 rings (SSSR count). The Labute approximate surface area is 312 Å². The van der Waals surface area contributed by atoms with E-state index in [2.05, 4.69) is 72.5 Å². The highest BCUT2D eigenvalue weighted by Gasteiger charge is 2.29. The van der Waals surface area contributed by atoms with Gasteiger partial charge in [-0.05, 0) is 93.4 Å². The predicted molar refractivity (Wildman–Crippen MR) is 206 cm³/mol. The summed E-state index contributed by atoms with van der Waals surface area (Å²) in [5.41, 5.74) is 5.72. The van der Waals surface area contributed by atoms with Crippen LogP contribution in [-0.2, 0) is 9.59 Å². The van der Waals surface area contributed by atoms with E-state index in [0.29, 0.717) is 31.3 Å². The van der Waals surface area contributed by atoms with Crippen LogP contribution in [0.5, 0.6) is 0 Å². The van der Waals surface area contributed by atoms with Crippen molar-refractivity contribution in [1.29, 1.82) is 0 Å². The maximum absolute atomic E-state index is 12.8. The first-order valence-corrected chi connectivity index (χ1v) is 19.9. The lowest BCUT2D eigenvalue weighted by atomic mass is 9.86. The Bertz CT molecular complexity index is 2180. The molecule has 1 unspecified atom stereocenters. The van der Waals surface area contributed by atoms with Crippen LogP contribution in [0.3, 0.4) is 0 Å². The quantitative estimate of drug-likeness (QED) is 0.191. The fraction of sp³-hybridized carbons (Fsp3) is 0.450. The molecule has 3 aromatic heterocycles. The maximum Gasteiger partial charge on any atom is 0.263 e. The van der Waals surface area contributed by atoms with Gasteiger partial charge in [0.2, 0.25) is 11.8 Å². The highest BCUT2D eigenvalue weighted by atomic mass is 32.1. The van der Waals surface area contributed by atoms with Gasteiger partial charge in [-0.15, -0.1) is 16.4 Å². The largest absolute Gasteiger partial charge is 0.381 e. The summed E-state index contributed by atoms with van der Waals surface area (Å²) in [5, 5.41) is 20.2. The van der Waals surface area contributed by atoms with Gasteiger partial charge in [0.15, 0.2) is 0 Å². The highest BCUT2D eigenvalue weighted by molar-refractivity contribution is 7.21. The van der Waals surface area contributed by atoms with Crippen molar-refractivity contribution in [2.75, 3.05) is 51.1 Å². The minimum absolute atomic E-state index is 0.0233. The zero-order valence-corrected chi connectivity index (χ0v) is 30.8. The Hall–Kier alpha value is -4.72. The number of carbonyl (C=O) groups excluding carboxylic acids is 3. The molecule has 0 saturated carbocycles. The van der Waals surface area contributed by atoms with Gasteiger partial charge < -0.3 is 20.4 Å². The molecular weight excluding hydrogens is 687 g/mol. The number of imide groups is 1. The average molecular weight is 732 g/mol. The Morgan fingerprint density at radius 2 is 1.57 bits per heavy atom. The highest BCUT2D eigenvalue weighted by Crippen LogP contribution is 2.41. The minimum Gasteiger partial charge on any atom is -0.381 e. The van der Waals surface area contributed by atoms with Crippen LogP contribution in [0.25, 0.3) is 32.4 Å². The summed E-state index contributed by atoms with van der Waals surface area (Å²) in [7, 11) is 0. The molecule has 4 aliphatic heterocycles. The molecular formula is C40H45N9O3S. The average Bonchev–Trinajstić information content (AvgIpc) is 3.80. The Morgan fingerprint density at radius 1 is 0.830 bits per heavy atom. The lowest BCUT2D eigenvalue weighted by Crippen LogP contribution is -2.42. The molecule has 3 N–H and O–H groups in total. The lowest BCUT2D eigenvalue weighted by molar-refractivity contribution is -0.134.